The third kappa shape index (κ3) is 4.41. The van der Waals surface area contributed by atoms with E-state index in [-0.39, 0.29) is 5.54 Å². The number of rotatable bonds is 2. The molecule has 0 aromatic heterocycles. The molecule has 0 bridgehead atoms. The average Bonchev–Trinajstić information content (AvgIpc) is 1.56. The molecular weight excluding hydrogens is 134 g/mol. The summed E-state index contributed by atoms with van der Waals surface area (Å²) < 4.78 is 0. The molecule has 1 nitrogen and oxygen atoms in total. The van der Waals surface area contributed by atoms with Crippen molar-refractivity contribution < 1.29 is 0 Å². The van der Waals surface area contributed by atoms with Crippen LogP contribution in [-0.4, -0.2) is 5.54 Å². The van der Waals surface area contributed by atoms with Crippen LogP contribution in [0.4, 0.5) is 0 Å². The molecule has 0 fully saturated rings. The minimum Gasteiger partial charge on any atom is -0.325 e. The van der Waals surface area contributed by atoms with E-state index in [4.69, 9.17) is 5.73 Å². The van der Waals surface area contributed by atoms with Crippen molar-refractivity contribution in [2.75, 3.05) is 0 Å². The van der Waals surface area contributed by atoms with E-state index >= 15 is 0 Å². The summed E-state index contributed by atoms with van der Waals surface area (Å²) in [5.41, 5.74) is 6.47. The first kappa shape index (κ1) is 11.0. The summed E-state index contributed by atoms with van der Waals surface area (Å²) in [5.74, 6) is 0.557. The SMILES string of the molecule is CC(C)[C@](C)(N)CC(C)(C)C. The highest BCUT2D eigenvalue weighted by Crippen LogP contribution is 2.29. The molecule has 0 aromatic rings. The lowest BCUT2D eigenvalue weighted by atomic mass is 9.76. The van der Waals surface area contributed by atoms with E-state index in [1.807, 2.05) is 0 Å². The molecule has 0 saturated heterocycles. The molecule has 0 rings (SSSR count). The van der Waals surface area contributed by atoms with Gasteiger partial charge in [-0.05, 0) is 24.7 Å². The number of hydrogen-bond donors (Lipinski definition) is 1. The second-order valence-electron chi connectivity index (χ2n) is 5.40. The van der Waals surface area contributed by atoms with Gasteiger partial charge in [-0.2, -0.15) is 0 Å². The van der Waals surface area contributed by atoms with Gasteiger partial charge in [0, 0.05) is 5.54 Å². The van der Waals surface area contributed by atoms with Crippen LogP contribution in [-0.2, 0) is 0 Å². The predicted molar refractivity (Wildman–Crippen MR) is 51.5 cm³/mol. The van der Waals surface area contributed by atoms with Gasteiger partial charge in [-0.15, -0.1) is 0 Å². The van der Waals surface area contributed by atoms with Crippen LogP contribution in [0, 0.1) is 11.3 Å². The van der Waals surface area contributed by atoms with E-state index in [1.165, 1.54) is 0 Å². The molecule has 2 N–H and O–H groups in total. The Morgan fingerprint density at radius 2 is 1.45 bits per heavy atom. The van der Waals surface area contributed by atoms with Crippen molar-refractivity contribution in [3.05, 3.63) is 0 Å². The Hall–Kier alpha value is -0.0400. The fourth-order valence-electron chi connectivity index (χ4n) is 1.35. The maximum absolute atomic E-state index is 6.15. The monoisotopic (exact) mass is 157 g/mol. The van der Waals surface area contributed by atoms with Crippen LogP contribution < -0.4 is 5.73 Å². The summed E-state index contributed by atoms with van der Waals surface area (Å²) >= 11 is 0. The molecule has 0 aliphatic carbocycles. The van der Waals surface area contributed by atoms with Crippen LogP contribution in [0.5, 0.6) is 0 Å². The first-order valence-corrected chi connectivity index (χ1v) is 4.44. The Bertz CT molecular complexity index is 117. The lowest BCUT2D eigenvalue weighted by molar-refractivity contribution is 0.217. The molecule has 0 aliphatic heterocycles. The van der Waals surface area contributed by atoms with Gasteiger partial charge in [0.05, 0.1) is 0 Å². The van der Waals surface area contributed by atoms with Gasteiger partial charge < -0.3 is 5.73 Å². The Balaban J connectivity index is 4.13. The quantitative estimate of drug-likeness (QED) is 0.655. The molecule has 0 heterocycles. The van der Waals surface area contributed by atoms with Gasteiger partial charge in [0.1, 0.15) is 0 Å². The average molecular weight is 157 g/mol. The zero-order valence-corrected chi connectivity index (χ0v) is 8.86. The van der Waals surface area contributed by atoms with Crippen molar-refractivity contribution >= 4 is 0 Å². The first-order chi connectivity index (χ1) is 4.65. The molecule has 0 saturated carbocycles. The fraction of sp³-hybridized carbons (Fsp3) is 1.00. The van der Waals surface area contributed by atoms with E-state index in [2.05, 4.69) is 41.5 Å². The summed E-state index contributed by atoms with van der Waals surface area (Å²) in [5, 5.41) is 0. The molecule has 1 heteroatoms. The van der Waals surface area contributed by atoms with E-state index in [9.17, 15) is 0 Å². The zero-order chi connectivity index (χ0) is 9.28. The molecule has 0 radical (unpaired) electrons. The number of nitrogens with two attached hydrogens (primary N) is 1. The summed E-state index contributed by atoms with van der Waals surface area (Å²) in [4.78, 5) is 0. The van der Waals surface area contributed by atoms with E-state index in [0.29, 0.717) is 11.3 Å². The zero-order valence-electron chi connectivity index (χ0n) is 8.86. The van der Waals surface area contributed by atoms with E-state index in [0.717, 1.165) is 6.42 Å². The topological polar surface area (TPSA) is 26.0 Å². The van der Waals surface area contributed by atoms with Gasteiger partial charge in [-0.25, -0.2) is 0 Å². The van der Waals surface area contributed by atoms with Crippen LogP contribution >= 0.6 is 0 Å². The molecule has 11 heavy (non-hydrogen) atoms. The van der Waals surface area contributed by atoms with Crippen molar-refractivity contribution in [3.63, 3.8) is 0 Å². The summed E-state index contributed by atoms with van der Waals surface area (Å²) in [7, 11) is 0. The molecule has 0 amide bonds. The number of hydrogen-bond acceptors (Lipinski definition) is 1. The van der Waals surface area contributed by atoms with Gasteiger partial charge >= 0.3 is 0 Å². The highest BCUT2D eigenvalue weighted by molar-refractivity contribution is 4.86. The van der Waals surface area contributed by atoms with Gasteiger partial charge in [0.15, 0.2) is 0 Å². The van der Waals surface area contributed by atoms with Gasteiger partial charge in [-0.1, -0.05) is 34.6 Å². The standard InChI is InChI=1S/C10H23N/c1-8(2)10(6,11)7-9(3,4)5/h8H,7,11H2,1-6H3/t10-/m1/s1. The molecule has 0 unspecified atom stereocenters. The Morgan fingerprint density at radius 3 is 1.55 bits per heavy atom. The highest BCUT2D eigenvalue weighted by atomic mass is 14.7. The Morgan fingerprint density at radius 1 is 1.09 bits per heavy atom. The van der Waals surface area contributed by atoms with Crippen LogP contribution in [0.15, 0.2) is 0 Å². The van der Waals surface area contributed by atoms with Crippen LogP contribution in [0.1, 0.15) is 48.0 Å². The Labute approximate surface area is 71.4 Å². The minimum absolute atomic E-state index is 0.0156. The lowest BCUT2D eigenvalue weighted by Gasteiger charge is -2.35. The predicted octanol–water partition coefficient (Wildman–Crippen LogP) is 2.80. The fourth-order valence-corrected chi connectivity index (χ4v) is 1.35. The van der Waals surface area contributed by atoms with Gasteiger partial charge in [0.25, 0.3) is 0 Å². The summed E-state index contributed by atoms with van der Waals surface area (Å²) in [6.45, 7) is 13.2. The van der Waals surface area contributed by atoms with Crippen LogP contribution in [0.2, 0.25) is 0 Å². The molecule has 0 aromatic carbocycles. The van der Waals surface area contributed by atoms with Crippen molar-refractivity contribution in [2.45, 2.75) is 53.5 Å². The minimum atomic E-state index is -0.0156. The van der Waals surface area contributed by atoms with Gasteiger partial charge in [0.2, 0.25) is 0 Å². The summed E-state index contributed by atoms with van der Waals surface area (Å²) in [6, 6.07) is 0. The largest absolute Gasteiger partial charge is 0.325 e. The first-order valence-electron chi connectivity index (χ1n) is 4.44. The summed E-state index contributed by atoms with van der Waals surface area (Å²) in [6.07, 6.45) is 1.08. The smallest absolute Gasteiger partial charge is 0.0154 e. The maximum Gasteiger partial charge on any atom is 0.0154 e. The molecule has 1 atom stereocenters. The normalized spacial score (nSPS) is 18.5. The lowest BCUT2D eigenvalue weighted by Crippen LogP contribution is -2.44. The van der Waals surface area contributed by atoms with Gasteiger partial charge in [-0.3, -0.25) is 0 Å². The van der Waals surface area contributed by atoms with Crippen molar-refractivity contribution in [1.29, 1.82) is 0 Å². The van der Waals surface area contributed by atoms with E-state index in [1.54, 1.807) is 0 Å². The van der Waals surface area contributed by atoms with Crippen LogP contribution in [0.3, 0.4) is 0 Å². The second-order valence-corrected chi connectivity index (χ2v) is 5.40. The van der Waals surface area contributed by atoms with Crippen molar-refractivity contribution in [2.24, 2.45) is 17.1 Å². The molecule has 0 spiro atoms. The van der Waals surface area contributed by atoms with Crippen molar-refractivity contribution in [1.82, 2.24) is 0 Å². The van der Waals surface area contributed by atoms with Crippen molar-refractivity contribution in [3.8, 4) is 0 Å². The molecule has 68 valence electrons. The highest BCUT2D eigenvalue weighted by Gasteiger charge is 2.28. The third-order valence-corrected chi connectivity index (χ3v) is 2.23. The van der Waals surface area contributed by atoms with Crippen LogP contribution in [0.25, 0.3) is 0 Å². The maximum atomic E-state index is 6.15. The third-order valence-electron chi connectivity index (χ3n) is 2.23. The Kier molecular flexibility index (Phi) is 3.13. The molecular formula is C10H23N. The second kappa shape index (κ2) is 3.14. The van der Waals surface area contributed by atoms with E-state index < -0.39 is 0 Å². The molecule has 0 aliphatic rings.